The van der Waals surface area contributed by atoms with Crippen LogP contribution in [0, 0.1) is 17.0 Å². The third kappa shape index (κ3) is 2.76. The summed E-state index contributed by atoms with van der Waals surface area (Å²) in [7, 11) is 0. The Morgan fingerprint density at radius 1 is 1.58 bits per heavy atom. The number of nitrogens with zero attached hydrogens (tertiary/aromatic N) is 5. The van der Waals surface area contributed by atoms with Gasteiger partial charge in [0.1, 0.15) is 6.54 Å². The molecule has 0 aliphatic rings. The standard InChI is InChI=1S/C10H14N6O3/c1-6-4-15(13-8(6)16(17)18)5-7-12-9(14-19-7)10(2,3)11/h4H,5,11H2,1-3H3. The van der Waals surface area contributed by atoms with Gasteiger partial charge in [-0.3, -0.25) is 0 Å². The maximum Gasteiger partial charge on any atom is 0.392 e. The Kier molecular flexibility index (Phi) is 3.06. The van der Waals surface area contributed by atoms with Gasteiger partial charge in [0.05, 0.1) is 22.4 Å². The number of nitro groups is 1. The molecule has 0 aromatic carbocycles. The molecule has 0 fully saturated rings. The minimum Gasteiger partial charge on any atom is -0.358 e. The number of aryl methyl sites for hydroxylation is 1. The van der Waals surface area contributed by atoms with Gasteiger partial charge in [-0.25, -0.2) is 0 Å². The molecular formula is C10H14N6O3. The summed E-state index contributed by atoms with van der Waals surface area (Å²) >= 11 is 0. The van der Waals surface area contributed by atoms with Crippen LogP contribution in [0.3, 0.4) is 0 Å². The lowest BCUT2D eigenvalue weighted by molar-refractivity contribution is -0.390. The summed E-state index contributed by atoms with van der Waals surface area (Å²) in [4.78, 5) is 14.3. The Bertz CT molecular complexity index is 609. The highest BCUT2D eigenvalue weighted by molar-refractivity contribution is 5.28. The van der Waals surface area contributed by atoms with Crippen molar-refractivity contribution in [3.8, 4) is 0 Å². The van der Waals surface area contributed by atoms with E-state index in [9.17, 15) is 10.1 Å². The highest BCUT2D eigenvalue weighted by atomic mass is 16.6. The van der Waals surface area contributed by atoms with Gasteiger partial charge in [-0.05, 0) is 25.7 Å². The molecule has 0 bridgehead atoms. The molecule has 2 rings (SSSR count). The second-order valence-corrected chi connectivity index (χ2v) is 4.82. The zero-order valence-corrected chi connectivity index (χ0v) is 10.8. The van der Waals surface area contributed by atoms with Gasteiger partial charge >= 0.3 is 5.82 Å². The van der Waals surface area contributed by atoms with Crippen LogP contribution in [0.5, 0.6) is 0 Å². The van der Waals surface area contributed by atoms with Crippen LogP contribution in [0.15, 0.2) is 10.7 Å². The monoisotopic (exact) mass is 266 g/mol. The SMILES string of the molecule is Cc1cn(Cc2nc(C(C)(C)N)no2)nc1[N+](=O)[O-]. The minimum atomic E-state index is -0.701. The van der Waals surface area contributed by atoms with Crippen molar-refractivity contribution in [1.29, 1.82) is 0 Å². The molecule has 0 atom stereocenters. The van der Waals surface area contributed by atoms with Gasteiger partial charge in [0.15, 0.2) is 5.82 Å². The van der Waals surface area contributed by atoms with Crippen molar-refractivity contribution in [2.24, 2.45) is 5.73 Å². The van der Waals surface area contributed by atoms with E-state index in [1.165, 1.54) is 4.68 Å². The number of hydrogen-bond donors (Lipinski definition) is 1. The molecule has 2 N–H and O–H groups in total. The molecule has 0 saturated carbocycles. The van der Waals surface area contributed by atoms with Crippen molar-refractivity contribution in [1.82, 2.24) is 19.9 Å². The van der Waals surface area contributed by atoms with Crippen molar-refractivity contribution in [3.63, 3.8) is 0 Å². The first-order valence-electron chi connectivity index (χ1n) is 5.58. The quantitative estimate of drug-likeness (QED) is 0.638. The maximum absolute atomic E-state index is 10.7. The predicted octanol–water partition coefficient (Wildman–Crippen LogP) is 0.725. The Balaban J connectivity index is 2.20. The number of nitrogens with two attached hydrogens (primary N) is 1. The summed E-state index contributed by atoms with van der Waals surface area (Å²) in [5, 5.41) is 18.3. The third-order valence-electron chi connectivity index (χ3n) is 2.43. The first-order chi connectivity index (χ1) is 8.77. The zero-order chi connectivity index (χ0) is 14.2. The van der Waals surface area contributed by atoms with Crippen molar-refractivity contribution in [2.45, 2.75) is 32.9 Å². The molecule has 0 amide bonds. The molecule has 0 unspecified atom stereocenters. The summed E-state index contributed by atoms with van der Waals surface area (Å²) in [6.07, 6.45) is 1.55. The van der Waals surface area contributed by atoms with E-state index in [4.69, 9.17) is 10.3 Å². The molecule has 2 aromatic rings. The molecule has 0 aliphatic carbocycles. The van der Waals surface area contributed by atoms with Crippen LogP contribution >= 0.6 is 0 Å². The molecule has 19 heavy (non-hydrogen) atoms. The normalized spacial score (nSPS) is 11.8. The average molecular weight is 266 g/mol. The number of aromatic nitrogens is 4. The van der Waals surface area contributed by atoms with Crippen LogP contribution in [-0.4, -0.2) is 24.8 Å². The molecule has 2 heterocycles. The van der Waals surface area contributed by atoms with E-state index in [2.05, 4.69) is 15.2 Å². The van der Waals surface area contributed by atoms with Crippen LogP contribution < -0.4 is 5.73 Å². The first kappa shape index (κ1) is 13.1. The van der Waals surface area contributed by atoms with E-state index < -0.39 is 10.5 Å². The summed E-state index contributed by atoms with van der Waals surface area (Å²) in [5.41, 5.74) is 5.61. The number of rotatable bonds is 4. The fourth-order valence-corrected chi connectivity index (χ4v) is 1.49. The summed E-state index contributed by atoms with van der Waals surface area (Å²) < 4.78 is 6.42. The van der Waals surface area contributed by atoms with E-state index in [-0.39, 0.29) is 12.4 Å². The lowest BCUT2D eigenvalue weighted by Gasteiger charge is -2.11. The topological polar surface area (TPSA) is 126 Å². The Hall–Kier alpha value is -2.29. The second kappa shape index (κ2) is 4.43. The Labute approximate surface area is 108 Å². The Morgan fingerprint density at radius 3 is 2.74 bits per heavy atom. The van der Waals surface area contributed by atoms with E-state index in [0.29, 0.717) is 17.3 Å². The van der Waals surface area contributed by atoms with Crippen LogP contribution in [-0.2, 0) is 12.1 Å². The van der Waals surface area contributed by atoms with Gasteiger partial charge in [0.25, 0.3) is 5.89 Å². The van der Waals surface area contributed by atoms with Crippen LogP contribution in [0.4, 0.5) is 5.82 Å². The third-order valence-corrected chi connectivity index (χ3v) is 2.43. The fraction of sp³-hybridized carbons (Fsp3) is 0.500. The zero-order valence-electron chi connectivity index (χ0n) is 10.8. The fourth-order valence-electron chi connectivity index (χ4n) is 1.49. The molecule has 0 saturated heterocycles. The molecule has 0 spiro atoms. The van der Waals surface area contributed by atoms with Crippen molar-refractivity contribution < 1.29 is 9.45 Å². The summed E-state index contributed by atoms with van der Waals surface area (Å²) in [5.74, 6) is 0.491. The lowest BCUT2D eigenvalue weighted by atomic mass is 10.1. The van der Waals surface area contributed by atoms with Crippen LogP contribution in [0.1, 0.15) is 31.1 Å². The molecular weight excluding hydrogens is 252 g/mol. The van der Waals surface area contributed by atoms with Gasteiger partial charge in [-0.2, -0.15) is 9.67 Å². The van der Waals surface area contributed by atoms with Gasteiger partial charge in [-0.1, -0.05) is 5.16 Å². The minimum absolute atomic E-state index is 0.164. The Morgan fingerprint density at radius 2 is 2.26 bits per heavy atom. The van der Waals surface area contributed by atoms with E-state index in [0.717, 1.165) is 0 Å². The summed E-state index contributed by atoms with van der Waals surface area (Å²) in [6, 6.07) is 0. The smallest absolute Gasteiger partial charge is 0.358 e. The van der Waals surface area contributed by atoms with Gasteiger partial charge < -0.3 is 20.4 Å². The molecule has 2 aromatic heterocycles. The highest BCUT2D eigenvalue weighted by Crippen LogP contribution is 2.16. The molecule has 102 valence electrons. The van der Waals surface area contributed by atoms with E-state index in [1.807, 2.05) is 0 Å². The molecule has 9 nitrogen and oxygen atoms in total. The highest BCUT2D eigenvalue weighted by Gasteiger charge is 2.23. The average Bonchev–Trinajstić information content (AvgIpc) is 2.85. The van der Waals surface area contributed by atoms with Crippen molar-refractivity contribution in [3.05, 3.63) is 33.6 Å². The van der Waals surface area contributed by atoms with Gasteiger partial charge in [0, 0.05) is 0 Å². The van der Waals surface area contributed by atoms with Crippen LogP contribution in [0.2, 0.25) is 0 Å². The largest absolute Gasteiger partial charge is 0.392 e. The molecule has 9 heteroatoms. The van der Waals surface area contributed by atoms with Crippen molar-refractivity contribution in [2.75, 3.05) is 0 Å². The second-order valence-electron chi connectivity index (χ2n) is 4.82. The first-order valence-corrected chi connectivity index (χ1v) is 5.58. The van der Waals surface area contributed by atoms with Crippen LogP contribution in [0.25, 0.3) is 0 Å². The number of hydrogen-bond acceptors (Lipinski definition) is 7. The lowest BCUT2D eigenvalue weighted by Crippen LogP contribution is -2.30. The predicted molar refractivity (Wildman–Crippen MR) is 64.2 cm³/mol. The van der Waals surface area contributed by atoms with E-state index >= 15 is 0 Å². The summed E-state index contributed by atoms with van der Waals surface area (Å²) in [6.45, 7) is 5.29. The van der Waals surface area contributed by atoms with Gasteiger partial charge in [0.2, 0.25) is 0 Å². The van der Waals surface area contributed by atoms with Crippen molar-refractivity contribution >= 4 is 5.82 Å². The van der Waals surface area contributed by atoms with Gasteiger partial charge in [-0.15, -0.1) is 0 Å². The van der Waals surface area contributed by atoms with E-state index in [1.54, 1.807) is 27.0 Å². The maximum atomic E-state index is 10.7. The molecule has 0 radical (unpaired) electrons. The molecule has 0 aliphatic heterocycles.